The van der Waals surface area contributed by atoms with Gasteiger partial charge in [0.25, 0.3) is 5.91 Å². The summed E-state index contributed by atoms with van der Waals surface area (Å²) in [7, 11) is -3.00. The molecular formula is C15H18N2O3S. The molecule has 0 aromatic heterocycles. The van der Waals surface area contributed by atoms with Crippen molar-refractivity contribution in [3.63, 3.8) is 0 Å². The molecule has 1 heterocycles. The molecule has 0 saturated carbocycles. The lowest BCUT2D eigenvalue weighted by Gasteiger charge is -2.13. The van der Waals surface area contributed by atoms with Gasteiger partial charge in [0.15, 0.2) is 9.84 Å². The third-order valence-electron chi connectivity index (χ3n) is 3.47. The predicted molar refractivity (Wildman–Crippen MR) is 81.6 cm³/mol. The maximum atomic E-state index is 12.3. The lowest BCUT2D eigenvalue weighted by atomic mass is 10.0. The molecule has 1 fully saturated rings. The summed E-state index contributed by atoms with van der Waals surface area (Å²) >= 11 is 0. The zero-order valence-electron chi connectivity index (χ0n) is 11.8. The number of benzene rings is 1. The van der Waals surface area contributed by atoms with Gasteiger partial charge in [-0.3, -0.25) is 4.79 Å². The second-order valence-corrected chi connectivity index (χ2v) is 7.29. The van der Waals surface area contributed by atoms with E-state index in [1.54, 1.807) is 12.1 Å². The summed E-state index contributed by atoms with van der Waals surface area (Å²) in [6.45, 7) is 2.08. The number of nitrogens with one attached hydrogen (secondary N) is 1. The van der Waals surface area contributed by atoms with Gasteiger partial charge in [0, 0.05) is 17.2 Å². The Labute approximate surface area is 124 Å². The standard InChI is InChI=1S/C15H18N2O3S/c1-11-12(5-3-8-16)4-2-6-14(11)15(18)17-13-7-9-21(19,20)10-13/h2,4,6,13H,7-10,16H2,1H3,(H,17,18). The Kier molecular flexibility index (Phi) is 4.66. The minimum Gasteiger partial charge on any atom is -0.348 e. The summed E-state index contributed by atoms with van der Waals surface area (Å²) in [4.78, 5) is 12.3. The van der Waals surface area contributed by atoms with Gasteiger partial charge in [-0.2, -0.15) is 0 Å². The first-order valence-corrected chi connectivity index (χ1v) is 8.55. The Morgan fingerprint density at radius 2 is 2.24 bits per heavy atom. The number of rotatable bonds is 2. The summed E-state index contributed by atoms with van der Waals surface area (Å²) in [5, 5.41) is 2.78. The van der Waals surface area contributed by atoms with Crippen molar-refractivity contribution in [1.82, 2.24) is 5.32 Å². The molecule has 6 heteroatoms. The number of nitrogens with two attached hydrogens (primary N) is 1. The molecule has 0 radical (unpaired) electrons. The Morgan fingerprint density at radius 1 is 1.48 bits per heavy atom. The zero-order valence-corrected chi connectivity index (χ0v) is 12.7. The minimum atomic E-state index is -3.00. The van der Waals surface area contributed by atoms with Gasteiger partial charge in [0.05, 0.1) is 18.1 Å². The van der Waals surface area contributed by atoms with Gasteiger partial charge in [-0.25, -0.2) is 8.42 Å². The molecule has 0 aliphatic carbocycles. The average molecular weight is 306 g/mol. The van der Waals surface area contributed by atoms with E-state index < -0.39 is 9.84 Å². The van der Waals surface area contributed by atoms with E-state index in [0.29, 0.717) is 12.0 Å². The summed E-state index contributed by atoms with van der Waals surface area (Å²) in [5.41, 5.74) is 7.40. The van der Waals surface area contributed by atoms with E-state index in [0.717, 1.165) is 11.1 Å². The van der Waals surface area contributed by atoms with Crippen molar-refractivity contribution >= 4 is 15.7 Å². The number of sulfone groups is 1. The largest absolute Gasteiger partial charge is 0.348 e. The van der Waals surface area contributed by atoms with Crippen molar-refractivity contribution in [1.29, 1.82) is 0 Å². The van der Waals surface area contributed by atoms with Gasteiger partial charge in [0.2, 0.25) is 0 Å². The van der Waals surface area contributed by atoms with Crippen LogP contribution in [0.25, 0.3) is 0 Å². The molecule has 21 heavy (non-hydrogen) atoms. The normalized spacial score (nSPS) is 19.6. The molecule has 1 atom stereocenters. The Morgan fingerprint density at radius 3 is 2.86 bits per heavy atom. The number of hydrogen-bond donors (Lipinski definition) is 2. The maximum absolute atomic E-state index is 12.3. The highest BCUT2D eigenvalue weighted by Gasteiger charge is 2.29. The van der Waals surface area contributed by atoms with Crippen LogP contribution in [-0.4, -0.2) is 38.4 Å². The first-order valence-electron chi connectivity index (χ1n) is 6.73. The van der Waals surface area contributed by atoms with Gasteiger partial charge in [-0.15, -0.1) is 0 Å². The molecular weight excluding hydrogens is 288 g/mol. The van der Waals surface area contributed by atoms with Gasteiger partial charge in [-0.1, -0.05) is 17.9 Å². The van der Waals surface area contributed by atoms with Gasteiger partial charge in [-0.05, 0) is 31.0 Å². The lowest BCUT2D eigenvalue weighted by Crippen LogP contribution is -2.36. The van der Waals surface area contributed by atoms with E-state index in [4.69, 9.17) is 5.73 Å². The van der Waals surface area contributed by atoms with Crippen LogP contribution in [0.15, 0.2) is 18.2 Å². The van der Waals surface area contributed by atoms with Crippen LogP contribution in [-0.2, 0) is 9.84 Å². The molecule has 5 nitrogen and oxygen atoms in total. The van der Waals surface area contributed by atoms with E-state index in [-0.39, 0.29) is 30.0 Å². The molecule has 1 saturated heterocycles. The third-order valence-corrected chi connectivity index (χ3v) is 5.24. The van der Waals surface area contributed by atoms with Gasteiger partial charge < -0.3 is 11.1 Å². The third kappa shape index (κ3) is 3.84. The minimum absolute atomic E-state index is 0.0183. The Hall–Kier alpha value is -1.84. The average Bonchev–Trinajstić information content (AvgIpc) is 2.76. The van der Waals surface area contributed by atoms with E-state index in [1.807, 2.05) is 13.0 Å². The molecule has 1 aliphatic heterocycles. The van der Waals surface area contributed by atoms with Crippen molar-refractivity contribution in [2.24, 2.45) is 5.73 Å². The second kappa shape index (κ2) is 6.29. The summed E-state index contributed by atoms with van der Waals surface area (Å²) in [6, 6.07) is 4.99. The predicted octanol–water partition coefficient (Wildman–Crippen LogP) is 0.222. The molecule has 1 unspecified atom stereocenters. The number of carbonyl (C=O) groups excluding carboxylic acids is 1. The van der Waals surface area contributed by atoms with E-state index in [2.05, 4.69) is 17.2 Å². The lowest BCUT2D eigenvalue weighted by molar-refractivity contribution is 0.0940. The highest BCUT2D eigenvalue weighted by molar-refractivity contribution is 7.91. The summed E-state index contributed by atoms with van der Waals surface area (Å²) < 4.78 is 22.8. The van der Waals surface area contributed by atoms with Crippen molar-refractivity contribution in [3.8, 4) is 11.8 Å². The quantitative estimate of drug-likeness (QED) is 0.765. The molecule has 112 valence electrons. The first-order chi connectivity index (χ1) is 9.93. The van der Waals surface area contributed by atoms with Crippen molar-refractivity contribution in [2.45, 2.75) is 19.4 Å². The fraction of sp³-hybridized carbons (Fsp3) is 0.400. The summed E-state index contributed by atoms with van der Waals surface area (Å²) in [6.07, 6.45) is 0.472. The molecule has 0 bridgehead atoms. The van der Waals surface area contributed by atoms with Crippen LogP contribution >= 0.6 is 0 Å². The van der Waals surface area contributed by atoms with Gasteiger partial charge >= 0.3 is 0 Å². The van der Waals surface area contributed by atoms with Crippen LogP contribution < -0.4 is 11.1 Å². The van der Waals surface area contributed by atoms with Crippen molar-refractivity contribution in [3.05, 3.63) is 34.9 Å². The molecule has 1 aromatic rings. The Bertz CT molecular complexity index is 714. The van der Waals surface area contributed by atoms with Crippen LogP contribution in [0.2, 0.25) is 0 Å². The van der Waals surface area contributed by atoms with E-state index >= 15 is 0 Å². The number of amides is 1. The molecule has 0 spiro atoms. The monoisotopic (exact) mass is 306 g/mol. The molecule has 1 aromatic carbocycles. The van der Waals surface area contributed by atoms with Crippen LogP contribution in [0.5, 0.6) is 0 Å². The topological polar surface area (TPSA) is 89.3 Å². The first kappa shape index (κ1) is 15.5. The number of carbonyl (C=O) groups is 1. The van der Waals surface area contributed by atoms with Crippen LogP contribution in [0, 0.1) is 18.8 Å². The van der Waals surface area contributed by atoms with Gasteiger partial charge in [0.1, 0.15) is 0 Å². The Balaban J connectivity index is 2.16. The SMILES string of the molecule is Cc1c(C#CCN)cccc1C(=O)NC1CCS(=O)(=O)C1. The van der Waals surface area contributed by atoms with Crippen LogP contribution in [0.3, 0.4) is 0 Å². The molecule has 1 aliphatic rings. The summed E-state index contributed by atoms with van der Waals surface area (Å²) in [5.74, 6) is 5.58. The molecule has 1 amide bonds. The second-order valence-electron chi connectivity index (χ2n) is 5.06. The van der Waals surface area contributed by atoms with Crippen molar-refractivity contribution < 1.29 is 13.2 Å². The highest BCUT2D eigenvalue weighted by atomic mass is 32.2. The smallest absolute Gasteiger partial charge is 0.251 e. The van der Waals surface area contributed by atoms with E-state index in [1.165, 1.54) is 0 Å². The van der Waals surface area contributed by atoms with Crippen LogP contribution in [0.1, 0.15) is 27.9 Å². The van der Waals surface area contributed by atoms with E-state index in [9.17, 15) is 13.2 Å². The molecule has 2 rings (SSSR count). The fourth-order valence-electron chi connectivity index (χ4n) is 2.34. The molecule has 3 N–H and O–H groups in total. The fourth-order valence-corrected chi connectivity index (χ4v) is 4.01. The van der Waals surface area contributed by atoms with Crippen LogP contribution in [0.4, 0.5) is 0 Å². The van der Waals surface area contributed by atoms with Crippen molar-refractivity contribution in [2.75, 3.05) is 18.1 Å². The number of hydrogen-bond acceptors (Lipinski definition) is 4. The zero-order chi connectivity index (χ0) is 15.5. The maximum Gasteiger partial charge on any atom is 0.251 e. The highest BCUT2D eigenvalue weighted by Crippen LogP contribution is 2.15.